The number of nitrogens with zero attached hydrogens (tertiary/aromatic N) is 3. The molecule has 3 heterocycles. The van der Waals surface area contributed by atoms with Gasteiger partial charge in [-0.15, -0.1) is 11.8 Å². The van der Waals surface area contributed by atoms with Crippen LogP contribution in [0.3, 0.4) is 0 Å². The lowest BCUT2D eigenvalue weighted by Crippen LogP contribution is -2.12. The maximum atomic E-state index is 12.8. The van der Waals surface area contributed by atoms with Crippen molar-refractivity contribution in [2.24, 2.45) is 0 Å². The Hall–Kier alpha value is -3.39. The Bertz CT molecular complexity index is 1170. The Balaban J connectivity index is 1.54. The molecule has 0 spiro atoms. The van der Waals surface area contributed by atoms with Crippen LogP contribution >= 0.6 is 11.8 Å². The first-order valence-electron chi connectivity index (χ1n) is 9.22. The maximum absolute atomic E-state index is 12.8. The summed E-state index contributed by atoms with van der Waals surface area (Å²) in [7, 11) is 0. The van der Waals surface area contributed by atoms with Gasteiger partial charge in [0, 0.05) is 5.56 Å². The van der Waals surface area contributed by atoms with Gasteiger partial charge in [-0.3, -0.25) is 0 Å². The molecule has 0 atom stereocenters. The lowest BCUT2D eigenvalue weighted by molar-refractivity contribution is 0.0460. The van der Waals surface area contributed by atoms with Crippen LogP contribution in [0, 0.1) is 13.8 Å². The van der Waals surface area contributed by atoms with E-state index in [1.165, 1.54) is 11.8 Å². The van der Waals surface area contributed by atoms with Gasteiger partial charge in [0.15, 0.2) is 11.6 Å². The number of aromatic nitrogens is 3. The predicted molar refractivity (Wildman–Crippen MR) is 112 cm³/mol. The molecule has 0 unspecified atom stereocenters. The van der Waals surface area contributed by atoms with Crippen molar-refractivity contribution >= 4 is 17.7 Å². The van der Waals surface area contributed by atoms with Gasteiger partial charge >= 0.3 is 5.97 Å². The zero-order valence-corrected chi connectivity index (χ0v) is 17.5. The van der Waals surface area contributed by atoms with Crippen molar-refractivity contribution in [2.45, 2.75) is 25.5 Å². The smallest absolute Gasteiger partial charge is 0.343 e. The Labute approximate surface area is 177 Å². The lowest BCUT2D eigenvalue weighted by atomic mass is 10.2. The topological polar surface area (TPSA) is 91.2 Å². The molecule has 4 aromatic rings. The standard InChI is InChI=1S/C22H19N3O4S/c1-13-18(21(30-3)25-19(23-13)17-10-7-11-27-17)22(26)28-12-16-14(2)29-20(24-16)15-8-5-4-6-9-15/h4-11H,12H2,1-3H3. The van der Waals surface area contributed by atoms with E-state index >= 15 is 0 Å². The molecule has 0 saturated heterocycles. The van der Waals surface area contributed by atoms with Crippen molar-refractivity contribution < 1.29 is 18.4 Å². The number of ether oxygens (including phenoxy) is 1. The molecule has 0 N–H and O–H groups in total. The number of rotatable bonds is 6. The van der Waals surface area contributed by atoms with E-state index < -0.39 is 5.97 Å². The monoisotopic (exact) mass is 421 g/mol. The van der Waals surface area contributed by atoms with E-state index in [1.807, 2.05) is 36.6 Å². The number of carbonyl (C=O) groups excluding carboxylic acids is 1. The molecule has 0 aliphatic heterocycles. The minimum Gasteiger partial charge on any atom is -0.461 e. The van der Waals surface area contributed by atoms with Crippen molar-refractivity contribution in [1.29, 1.82) is 0 Å². The Kier molecular flexibility index (Phi) is 5.67. The van der Waals surface area contributed by atoms with Gasteiger partial charge in [-0.2, -0.15) is 0 Å². The second-order valence-electron chi connectivity index (χ2n) is 6.46. The summed E-state index contributed by atoms with van der Waals surface area (Å²) in [4.78, 5) is 26.1. The molecule has 0 bridgehead atoms. The molecule has 8 heteroatoms. The Morgan fingerprint density at radius 3 is 2.57 bits per heavy atom. The zero-order chi connectivity index (χ0) is 21.1. The van der Waals surface area contributed by atoms with Gasteiger partial charge < -0.3 is 13.6 Å². The highest BCUT2D eigenvalue weighted by Crippen LogP contribution is 2.27. The SMILES string of the molecule is CSc1nc(-c2ccco2)nc(C)c1C(=O)OCc1nc(-c2ccccc2)oc1C. The quantitative estimate of drug-likeness (QED) is 0.242. The van der Waals surface area contributed by atoms with Gasteiger partial charge in [0.25, 0.3) is 0 Å². The van der Waals surface area contributed by atoms with E-state index in [0.717, 1.165) is 5.56 Å². The van der Waals surface area contributed by atoms with E-state index in [9.17, 15) is 4.79 Å². The molecular formula is C22H19N3O4S. The molecule has 3 aromatic heterocycles. The van der Waals surface area contributed by atoms with Crippen molar-refractivity contribution in [3.05, 3.63) is 71.4 Å². The minimum atomic E-state index is -0.508. The average Bonchev–Trinajstić information content (AvgIpc) is 3.42. The summed E-state index contributed by atoms with van der Waals surface area (Å²) in [5, 5.41) is 0.528. The van der Waals surface area contributed by atoms with Gasteiger partial charge in [-0.25, -0.2) is 19.7 Å². The van der Waals surface area contributed by atoms with Gasteiger partial charge in [0.05, 0.1) is 12.0 Å². The average molecular weight is 421 g/mol. The first kappa shape index (κ1) is 19.9. The summed E-state index contributed by atoms with van der Waals surface area (Å²) >= 11 is 1.35. The lowest BCUT2D eigenvalue weighted by Gasteiger charge is -2.10. The summed E-state index contributed by atoms with van der Waals surface area (Å²) in [6, 6.07) is 13.1. The first-order valence-corrected chi connectivity index (χ1v) is 10.4. The molecule has 0 fully saturated rings. The third-order valence-corrected chi connectivity index (χ3v) is 5.13. The molecule has 0 aliphatic rings. The molecule has 0 radical (unpaired) electrons. The second kappa shape index (κ2) is 8.54. The van der Waals surface area contributed by atoms with E-state index in [0.29, 0.717) is 45.2 Å². The third kappa shape index (κ3) is 3.99. The fourth-order valence-electron chi connectivity index (χ4n) is 2.92. The Morgan fingerprint density at radius 1 is 1.07 bits per heavy atom. The summed E-state index contributed by atoms with van der Waals surface area (Å²) < 4.78 is 16.6. The number of furan rings is 1. The van der Waals surface area contributed by atoms with Gasteiger partial charge in [-0.05, 0) is 44.4 Å². The number of carbonyl (C=O) groups is 1. The summed E-state index contributed by atoms with van der Waals surface area (Å²) in [6.07, 6.45) is 3.40. The molecule has 1 aromatic carbocycles. The van der Waals surface area contributed by atoms with Gasteiger partial charge in [0.1, 0.15) is 28.7 Å². The third-order valence-electron chi connectivity index (χ3n) is 4.45. The van der Waals surface area contributed by atoms with Crippen molar-refractivity contribution in [2.75, 3.05) is 6.26 Å². The number of benzene rings is 1. The molecule has 7 nitrogen and oxygen atoms in total. The molecule has 0 aliphatic carbocycles. The van der Waals surface area contributed by atoms with E-state index in [2.05, 4.69) is 15.0 Å². The maximum Gasteiger partial charge on any atom is 0.343 e. The minimum absolute atomic E-state index is 0.00576. The van der Waals surface area contributed by atoms with Crippen molar-refractivity contribution in [1.82, 2.24) is 15.0 Å². The molecule has 0 amide bonds. The fraction of sp³-hybridized carbons (Fsp3) is 0.182. The van der Waals surface area contributed by atoms with Crippen LogP contribution in [0.15, 0.2) is 62.6 Å². The number of aryl methyl sites for hydroxylation is 2. The van der Waals surface area contributed by atoms with Crippen LogP contribution in [0.2, 0.25) is 0 Å². The van der Waals surface area contributed by atoms with Gasteiger partial charge in [0.2, 0.25) is 5.89 Å². The molecule has 0 saturated carbocycles. The number of oxazole rings is 1. The predicted octanol–water partition coefficient (Wildman–Crippen LogP) is 5.09. The van der Waals surface area contributed by atoms with Crippen molar-refractivity contribution in [3.63, 3.8) is 0 Å². The number of hydrogen-bond acceptors (Lipinski definition) is 8. The highest BCUT2D eigenvalue weighted by molar-refractivity contribution is 7.98. The van der Waals surface area contributed by atoms with Crippen LogP contribution in [0.1, 0.15) is 27.5 Å². The van der Waals surface area contributed by atoms with Crippen LogP contribution in [0.4, 0.5) is 0 Å². The van der Waals surface area contributed by atoms with Crippen LogP contribution < -0.4 is 0 Å². The molecule has 152 valence electrons. The van der Waals surface area contributed by atoms with Crippen LogP contribution in [0.5, 0.6) is 0 Å². The number of thioether (sulfide) groups is 1. The number of esters is 1. The largest absolute Gasteiger partial charge is 0.461 e. The summed E-state index contributed by atoms with van der Waals surface area (Å²) in [5.74, 6) is 1.56. The normalized spacial score (nSPS) is 10.9. The van der Waals surface area contributed by atoms with E-state index in [4.69, 9.17) is 13.6 Å². The zero-order valence-electron chi connectivity index (χ0n) is 16.7. The van der Waals surface area contributed by atoms with Crippen LogP contribution in [-0.2, 0) is 11.3 Å². The van der Waals surface area contributed by atoms with E-state index in [1.54, 1.807) is 32.2 Å². The molecule has 30 heavy (non-hydrogen) atoms. The summed E-state index contributed by atoms with van der Waals surface area (Å²) in [5.41, 5.74) is 2.29. The fourth-order valence-corrected chi connectivity index (χ4v) is 3.53. The van der Waals surface area contributed by atoms with E-state index in [-0.39, 0.29) is 6.61 Å². The molecular weight excluding hydrogens is 402 g/mol. The van der Waals surface area contributed by atoms with Crippen LogP contribution in [0.25, 0.3) is 23.0 Å². The second-order valence-corrected chi connectivity index (χ2v) is 7.25. The summed E-state index contributed by atoms with van der Waals surface area (Å²) in [6.45, 7) is 3.54. The first-order chi connectivity index (χ1) is 14.6. The molecule has 4 rings (SSSR count). The van der Waals surface area contributed by atoms with Crippen molar-refractivity contribution in [3.8, 4) is 23.0 Å². The van der Waals surface area contributed by atoms with Crippen LogP contribution in [-0.4, -0.2) is 27.2 Å². The van der Waals surface area contributed by atoms with Gasteiger partial charge in [-0.1, -0.05) is 18.2 Å². The highest BCUT2D eigenvalue weighted by atomic mass is 32.2. The number of hydrogen-bond donors (Lipinski definition) is 0. The Morgan fingerprint density at radius 2 is 1.87 bits per heavy atom. The highest BCUT2D eigenvalue weighted by Gasteiger charge is 2.22.